The molecule has 170 valence electrons. The van der Waals surface area contributed by atoms with Gasteiger partial charge in [-0.25, -0.2) is 14.1 Å². The third-order valence-corrected chi connectivity index (χ3v) is 5.25. The number of carbonyl (C=O) groups is 3. The van der Waals surface area contributed by atoms with Crippen molar-refractivity contribution in [2.75, 3.05) is 4.90 Å². The second-order valence-electron chi connectivity index (χ2n) is 7.27. The van der Waals surface area contributed by atoms with Crippen LogP contribution < -0.4 is 15.0 Å². The van der Waals surface area contributed by atoms with Crippen LogP contribution in [0.3, 0.4) is 0 Å². The third kappa shape index (κ3) is 4.84. The Labute approximate surface area is 199 Å². The average molecular weight is 476 g/mol. The minimum atomic E-state index is -1.02. The van der Waals surface area contributed by atoms with Gasteiger partial charge in [0.1, 0.15) is 23.7 Å². The number of anilines is 1. The van der Waals surface area contributed by atoms with Crippen molar-refractivity contribution in [3.63, 3.8) is 0 Å². The molecule has 1 fully saturated rings. The van der Waals surface area contributed by atoms with Gasteiger partial charge in [-0.05, 0) is 65.8 Å². The molecule has 0 aliphatic carbocycles. The molecule has 0 radical (unpaired) electrons. The molecular formula is C25H17FN2O5S. The minimum absolute atomic E-state index is 0.0564. The van der Waals surface area contributed by atoms with Crippen molar-refractivity contribution >= 4 is 46.9 Å². The second-order valence-corrected chi connectivity index (χ2v) is 7.66. The summed E-state index contributed by atoms with van der Waals surface area (Å²) in [6, 6.07) is 18.7. The number of halogens is 1. The Balaban J connectivity index is 1.51. The number of amides is 2. The highest BCUT2D eigenvalue weighted by Gasteiger charge is 2.35. The molecule has 2 N–H and O–H groups in total. The van der Waals surface area contributed by atoms with Gasteiger partial charge in [-0.3, -0.25) is 14.9 Å². The number of rotatable bonds is 6. The highest BCUT2D eigenvalue weighted by molar-refractivity contribution is 7.80. The number of carbonyl (C=O) groups excluding carboxylic acids is 2. The second kappa shape index (κ2) is 9.63. The maximum atomic E-state index is 14.2. The number of benzene rings is 3. The van der Waals surface area contributed by atoms with Gasteiger partial charge in [-0.15, -0.1) is 0 Å². The number of hydrogen-bond acceptors (Lipinski definition) is 5. The summed E-state index contributed by atoms with van der Waals surface area (Å²) in [6.07, 6.45) is 1.38. The summed E-state index contributed by atoms with van der Waals surface area (Å²) in [7, 11) is 0. The molecule has 4 rings (SSSR count). The predicted molar refractivity (Wildman–Crippen MR) is 127 cm³/mol. The van der Waals surface area contributed by atoms with Crippen LogP contribution in [0.1, 0.15) is 21.5 Å². The zero-order valence-corrected chi connectivity index (χ0v) is 18.3. The van der Waals surface area contributed by atoms with E-state index in [2.05, 4.69) is 5.32 Å². The van der Waals surface area contributed by atoms with E-state index in [1.807, 2.05) is 0 Å². The number of carboxylic acids is 1. The fourth-order valence-electron chi connectivity index (χ4n) is 3.30. The van der Waals surface area contributed by atoms with Gasteiger partial charge in [0.05, 0.1) is 11.3 Å². The molecular weight excluding hydrogens is 459 g/mol. The Morgan fingerprint density at radius 1 is 1.06 bits per heavy atom. The van der Waals surface area contributed by atoms with Gasteiger partial charge >= 0.3 is 5.97 Å². The fourth-order valence-corrected chi connectivity index (χ4v) is 3.57. The van der Waals surface area contributed by atoms with E-state index in [4.69, 9.17) is 22.1 Å². The zero-order chi connectivity index (χ0) is 24.2. The molecule has 1 aliphatic heterocycles. The van der Waals surface area contributed by atoms with E-state index in [1.54, 1.807) is 42.5 Å². The summed E-state index contributed by atoms with van der Waals surface area (Å²) in [5.41, 5.74) is 1.15. The summed E-state index contributed by atoms with van der Waals surface area (Å²) < 4.78 is 19.9. The third-order valence-electron chi connectivity index (χ3n) is 4.97. The molecule has 0 spiro atoms. The zero-order valence-electron chi connectivity index (χ0n) is 17.5. The SMILES string of the molecule is O=C1NC(=S)N(c2ccccc2F)C(=O)C1=Cc1ccc(OCc2cccc(C(=O)O)c2)cc1. The van der Waals surface area contributed by atoms with E-state index < -0.39 is 23.6 Å². The number of nitrogens with one attached hydrogen (secondary N) is 1. The highest BCUT2D eigenvalue weighted by Crippen LogP contribution is 2.25. The number of aromatic carboxylic acids is 1. The molecule has 0 aromatic heterocycles. The fraction of sp³-hybridized carbons (Fsp3) is 0.0400. The number of ether oxygens (including phenoxy) is 1. The molecule has 0 atom stereocenters. The Kier molecular flexibility index (Phi) is 6.46. The van der Waals surface area contributed by atoms with Crippen LogP contribution in [0, 0.1) is 5.82 Å². The lowest BCUT2D eigenvalue weighted by atomic mass is 10.1. The van der Waals surface area contributed by atoms with Crippen LogP contribution in [0.25, 0.3) is 6.08 Å². The van der Waals surface area contributed by atoms with Gasteiger partial charge in [0, 0.05) is 0 Å². The largest absolute Gasteiger partial charge is 0.489 e. The molecule has 0 unspecified atom stereocenters. The molecule has 3 aromatic rings. The van der Waals surface area contributed by atoms with Crippen molar-refractivity contribution < 1.29 is 28.6 Å². The van der Waals surface area contributed by atoms with Gasteiger partial charge in [0.25, 0.3) is 11.8 Å². The number of thiocarbonyl (C=S) groups is 1. The van der Waals surface area contributed by atoms with Crippen molar-refractivity contribution in [1.82, 2.24) is 5.32 Å². The minimum Gasteiger partial charge on any atom is -0.489 e. The standard InChI is InChI=1S/C25H17FN2O5S/c26-20-6-1-2-7-21(20)28-23(30)19(22(29)27-25(28)34)13-15-8-10-18(11-9-15)33-14-16-4-3-5-17(12-16)24(31)32/h1-13H,14H2,(H,31,32)(H,27,29,34). The maximum Gasteiger partial charge on any atom is 0.335 e. The summed E-state index contributed by atoms with van der Waals surface area (Å²) in [5, 5.41) is 11.3. The van der Waals surface area contributed by atoms with Crippen LogP contribution in [-0.4, -0.2) is 28.0 Å². The number of nitrogens with zero attached hydrogens (tertiary/aromatic N) is 1. The van der Waals surface area contributed by atoms with Crippen LogP contribution in [-0.2, 0) is 16.2 Å². The highest BCUT2D eigenvalue weighted by atomic mass is 32.1. The Hall–Kier alpha value is -4.37. The van der Waals surface area contributed by atoms with E-state index in [-0.39, 0.29) is 28.5 Å². The lowest BCUT2D eigenvalue weighted by molar-refractivity contribution is -0.122. The van der Waals surface area contributed by atoms with E-state index in [0.717, 1.165) is 4.90 Å². The molecule has 2 amide bonds. The smallest absolute Gasteiger partial charge is 0.335 e. The first-order valence-electron chi connectivity index (χ1n) is 10.0. The number of para-hydroxylation sites is 1. The predicted octanol–water partition coefficient (Wildman–Crippen LogP) is 3.93. The van der Waals surface area contributed by atoms with Gasteiger partial charge in [0.2, 0.25) is 0 Å². The first-order chi connectivity index (χ1) is 16.3. The maximum absolute atomic E-state index is 14.2. The quantitative estimate of drug-likeness (QED) is 0.318. The van der Waals surface area contributed by atoms with E-state index >= 15 is 0 Å². The van der Waals surface area contributed by atoms with E-state index in [1.165, 1.54) is 36.4 Å². The molecule has 7 nitrogen and oxygen atoms in total. The van der Waals surface area contributed by atoms with Crippen molar-refractivity contribution in [1.29, 1.82) is 0 Å². The summed E-state index contributed by atoms with van der Waals surface area (Å²) in [5.74, 6) is -2.57. The number of carboxylic acid groups (broad SMARTS) is 1. The van der Waals surface area contributed by atoms with Gasteiger partial charge < -0.3 is 9.84 Å². The van der Waals surface area contributed by atoms with Crippen LogP contribution >= 0.6 is 12.2 Å². The van der Waals surface area contributed by atoms with Gasteiger partial charge in [-0.2, -0.15) is 0 Å². The van der Waals surface area contributed by atoms with Crippen LogP contribution in [0.2, 0.25) is 0 Å². The molecule has 1 heterocycles. The Morgan fingerprint density at radius 2 is 1.79 bits per heavy atom. The monoisotopic (exact) mass is 476 g/mol. The molecule has 1 aliphatic rings. The van der Waals surface area contributed by atoms with Crippen molar-refractivity contribution in [2.24, 2.45) is 0 Å². The normalized spacial score (nSPS) is 14.8. The summed E-state index contributed by atoms with van der Waals surface area (Å²) in [6.45, 7) is 0.164. The number of hydrogen-bond donors (Lipinski definition) is 2. The Morgan fingerprint density at radius 3 is 2.50 bits per heavy atom. The lowest BCUT2D eigenvalue weighted by Crippen LogP contribution is -2.54. The average Bonchev–Trinajstić information content (AvgIpc) is 2.82. The van der Waals surface area contributed by atoms with E-state index in [9.17, 15) is 18.8 Å². The van der Waals surface area contributed by atoms with Crippen molar-refractivity contribution in [2.45, 2.75) is 6.61 Å². The van der Waals surface area contributed by atoms with Crippen LogP contribution in [0.5, 0.6) is 5.75 Å². The van der Waals surface area contributed by atoms with Crippen molar-refractivity contribution in [3.05, 3.63) is 101 Å². The lowest BCUT2D eigenvalue weighted by Gasteiger charge is -2.29. The first-order valence-corrected chi connectivity index (χ1v) is 10.5. The molecule has 34 heavy (non-hydrogen) atoms. The Bertz CT molecular complexity index is 1340. The summed E-state index contributed by atoms with van der Waals surface area (Å²) in [4.78, 5) is 37.4. The van der Waals surface area contributed by atoms with Crippen LogP contribution in [0.4, 0.5) is 10.1 Å². The van der Waals surface area contributed by atoms with Crippen LogP contribution in [0.15, 0.2) is 78.4 Å². The van der Waals surface area contributed by atoms with Gasteiger partial charge in [-0.1, -0.05) is 36.4 Å². The van der Waals surface area contributed by atoms with E-state index in [0.29, 0.717) is 16.9 Å². The molecule has 9 heteroatoms. The molecule has 3 aromatic carbocycles. The first kappa shape index (κ1) is 22.8. The topological polar surface area (TPSA) is 95.9 Å². The van der Waals surface area contributed by atoms with Crippen molar-refractivity contribution in [3.8, 4) is 5.75 Å². The molecule has 0 bridgehead atoms. The molecule has 1 saturated heterocycles. The van der Waals surface area contributed by atoms with Gasteiger partial charge in [0.15, 0.2) is 5.11 Å². The summed E-state index contributed by atoms with van der Waals surface area (Å²) >= 11 is 5.08. The molecule has 0 saturated carbocycles.